The number of hydrogen-bond acceptors (Lipinski definition) is 2. The first-order chi connectivity index (χ1) is 5.84. The van der Waals surface area contributed by atoms with Gasteiger partial charge in [-0.25, -0.2) is 0 Å². The fourth-order valence-electron chi connectivity index (χ4n) is 1.04. The number of rotatable bonds is 4. The van der Waals surface area contributed by atoms with Gasteiger partial charge in [0.2, 0.25) is 0 Å². The summed E-state index contributed by atoms with van der Waals surface area (Å²) in [6, 6.07) is 2.16. The van der Waals surface area contributed by atoms with Crippen LogP contribution in [0.3, 0.4) is 0 Å². The molecule has 12 heavy (non-hydrogen) atoms. The van der Waals surface area contributed by atoms with E-state index < -0.39 is 0 Å². The highest BCUT2D eigenvalue weighted by Gasteiger charge is 1.93. The average molecular weight is 181 g/mol. The molecule has 1 heterocycles. The third-order valence-corrected chi connectivity index (χ3v) is 2.50. The summed E-state index contributed by atoms with van der Waals surface area (Å²) in [5.41, 5.74) is 2.74. The van der Waals surface area contributed by atoms with Crippen molar-refractivity contribution in [2.45, 2.75) is 13.3 Å². The predicted molar refractivity (Wildman–Crippen MR) is 56.5 cm³/mol. The van der Waals surface area contributed by atoms with Crippen LogP contribution in [0, 0.1) is 0 Å². The lowest BCUT2D eigenvalue weighted by atomic mass is 10.1. The maximum Gasteiger partial charge on any atom is -0.00171 e. The number of allylic oxidation sites excluding steroid dienone is 1. The van der Waals surface area contributed by atoms with Gasteiger partial charge in [-0.3, -0.25) is 0 Å². The molecule has 0 fully saturated rings. The molecule has 0 radical (unpaired) electrons. The lowest BCUT2D eigenvalue weighted by molar-refractivity contribution is 0.808. The third kappa shape index (κ3) is 2.80. The molecule has 66 valence electrons. The Labute approximate surface area is 78.1 Å². The van der Waals surface area contributed by atoms with Gasteiger partial charge >= 0.3 is 0 Å². The van der Waals surface area contributed by atoms with Gasteiger partial charge in [0.1, 0.15) is 0 Å². The molecule has 1 rings (SSSR count). The van der Waals surface area contributed by atoms with E-state index in [0.29, 0.717) is 0 Å². The molecule has 0 saturated heterocycles. The summed E-state index contributed by atoms with van der Waals surface area (Å²) < 4.78 is 0. The minimum absolute atomic E-state index is 1.06. The van der Waals surface area contributed by atoms with E-state index in [1.165, 1.54) is 11.1 Å². The van der Waals surface area contributed by atoms with Gasteiger partial charge in [0.25, 0.3) is 0 Å². The van der Waals surface area contributed by atoms with Crippen molar-refractivity contribution in [2.75, 3.05) is 13.6 Å². The van der Waals surface area contributed by atoms with E-state index in [1.54, 1.807) is 11.3 Å². The maximum atomic E-state index is 3.13. The lowest BCUT2D eigenvalue weighted by Crippen LogP contribution is -2.05. The van der Waals surface area contributed by atoms with Crippen LogP contribution in [0.25, 0.3) is 5.57 Å². The highest BCUT2D eigenvalue weighted by Crippen LogP contribution is 2.16. The van der Waals surface area contributed by atoms with Crippen molar-refractivity contribution in [3.63, 3.8) is 0 Å². The highest BCUT2D eigenvalue weighted by atomic mass is 32.1. The Morgan fingerprint density at radius 1 is 1.67 bits per heavy atom. The Morgan fingerprint density at radius 3 is 3.08 bits per heavy atom. The summed E-state index contributed by atoms with van der Waals surface area (Å²) in [6.07, 6.45) is 3.39. The second-order valence-corrected chi connectivity index (χ2v) is 3.57. The summed E-state index contributed by atoms with van der Waals surface area (Å²) in [5, 5.41) is 7.43. The molecule has 0 spiro atoms. The van der Waals surface area contributed by atoms with Gasteiger partial charge < -0.3 is 5.32 Å². The first-order valence-electron chi connectivity index (χ1n) is 4.18. The molecule has 0 aliphatic rings. The Bertz CT molecular complexity index is 236. The minimum Gasteiger partial charge on any atom is -0.319 e. The van der Waals surface area contributed by atoms with Crippen LogP contribution in [-0.2, 0) is 0 Å². The Hall–Kier alpha value is -0.600. The zero-order valence-corrected chi connectivity index (χ0v) is 8.45. The third-order valence-electron chi connectivity index (χ3n) is 1.82. The Morgan fingerprint density at radius 2 is 2.50 bits per heavy atom. The molecule has 2 heteroatoms. The summed E-state index contributed by atoms with van der Waals surface area (Å²) in [4.78, 5) is 0. The van der Waals surface area contributed by atoms with E-state index in [4.69, 9.17) is 0 Å². The van der Waals surface area contributed by atoms with E-state index in [-0.39, 0.29) is 0 Å². The number of hydrogen-bond donors (Lipinski definition) is 1. The minimum atomic E-state index is 1.06. The van der Waals surface area contributed by atoms with Crippen molar-refractivity contribution < 1.29 is 0 Å². The summed E-state index contributed by atoms with van der Waals surface area (Å²) in [6.45, 7) is 3.22. The van der Waals surface area contributed by atoms with Crippen LogP contribution in [0.4, 0.5) is 0 Å². The fourth-order valence-corrected chi connectivity index (χ4v) is 1.75. The molecule has 0 atom stereocenters. The summed E-state index contributed by atoms with van der Waals surface area (Å²) in [7, 11) is 1.98. The highest BCUT2D eigenvalue weighted by molar-refractivity contribution is 7.08. The van der Waals surface area contributed by atoms with E-state index in [0.717, 1.165) is 13.0 Å². The standard InChI is InChI=1S/C10H15NS/c1-9(4-3-6-11-2)10-5-7-12-8-10/h4-5,7-8,11H,3,6H2,1-2H3. The molecular formula is C10H15NS. The molecule has 0 amide bonds. The average Bonchev–Trinajstić information content (AvgIpc) is 2.56. The molecule has 0 aliphatic carbocycles. The monoisotopic (exact) mass is 181 g/mol. The normalized spacial score (nSPS) is 12.0. The SMILES string of the molecule is CNCCC=C(C)c1ccsc1. The topological polar surface area (TPSA) is 12.0 Å². The van der Waals surface area contributed by atoms with Gasteiger partial charge in [-0.15, -0.1) is 0 Å². The van der Waals surface area contributed by atoms with E-state index >= 15 is 0 Å². The van der Waals surface area contributed by atoms with Crippen LogP contribution in [0.1, 0.15) is 18.9 Å². The Kier molecular flexibility index (Phi) is 4.05. The van der Waals surface area contributed by atoms with Crippen molar-refractivity contribution in [3.8, 4) is 0 Å². The van der Waals surface area contributed by atoms with Gasteiger partial charge in [0, 0.05) is 0 Å². The van der Waals surface area contributed by atoms with Gasteiger partial charge in [-0.1, -0.05) is 6.08 Å². The van der Waals surface area contributed by atoms with Crippen molar-refractivity contribution in [1.82, 2.24) is 5.32 Å². The summed E-state index contributed by atoms with van der Waals surface area (Å²) in [5.74, 6) is 0. The van der Waals surface area contributed by atoms with E-state index in [9.17, 15) is 0 Å². The zero-order valence-electron chi connectivity index (χ0n) is 7.63. The zero-order chi connectivity index (χ0) is 8.81. The lowest BCUT2D eigenvalue weighted by Gasteiger charge is -1.97. The van der Waals surface area contributed by atoms with Crippen LogP contribution in [0.2, 0.25) is 0 Å². The number of thiophene rings is 1. The van der Waals surface area contributed by atoms with Crippen molar-refractivity contribution >= 4 is 16.9 Å². The predicted octanol–water partition coefficient (Wildman–Crippen LogP) is 2.76. The van der Waals surface area contributed by atoms with Crippen LogP contribution < -0.4 is 5.32 Å². The first kappa shape index (κ1) is 9.49. The van der Waals surface area contributed by atoms with Crippen LogP contribution in [-0.4, -0.2) is 13.6 Å². The largest absolute Gasteiger partial charge is 0.319 e. The van der Waals surface area contributed by atoms with E-state index in [1.807, 2.05) is 7.05 Å². The Balaban J connectivity index is 2.47. The van der Waals surface area contributed by atoms with E-state index in [2.05, 4.69) is 35.1 Å². The molecule has 0 unspecified atom stereocenters. The first-order valence-corrected chi connectivity index (χ1v) is 5.13. The van der Waals surface area contributed by atoms with Crippen LogP contribution in [0.5, 0.6) is 0 Å². The van der Waals surface area contributed by atoms with Crippen molar-refractivity contribution in [2.24, 2.45) is 0 Å². The molecule has 0 saturated carbocycles. The molecule has 1 nitrogen and oxygen atoms in total. The van der Waals surface area contributed by atoms with Gasteiger partial charge in [0.15, 0.2) is 0 Å². The number of nitrogens with one attached hydrogen (secondary N) is 1. The molecule has 1 aromatic heterocycles. The molecule has 0 aromatic carbocycles. The van der Waals surface area contributed by atoms with Crippen molar-refractivity contribution in [1.29, 1.82) is 0 Å². The van der Waals surface area contributed by atoms with Gasteiger partial charge in [0.05, 0.1) is 0 Å². The smallest absolute Gasteiger partial charge is 0.00171 e. The van der Waals surface area contributed by atoms with Gasteiger partial charge in [-0.05, 0) is 54.9 Å². The summed E-state index contributed by atoms with van der Waals surface area (Å²) >= 11 is 1.75. The van der Waals surface area contributed by atoms with Crippen LogP contribution in [0.15, 0.2) is 22.9 Å². The second-order valence-electron chi connectivity index (χ2n) is 2.79. The maximum absolute atomic E-state index is 3.13. The van der Waals surface area contributed by atoms with Crippen LogP contribution >= 0.6 is 11.3 Å². The molecule has 0 aliphatic heterocycles. The molecule has 1 N–H and O–H groups in total. The quantitative estimate of drug-likeness (QED) is 0.704. The fraction of sp³-hybridized carbons (Fsp3) is 0.400. The second kappa shape index (κ2) is 5.12. The van der Waals surface area contributed by atoms with Crippen molar-refractivity contribution in [3.05, 3.63) is 28.5 Å². The van der Waals surface area contributed by atoms with Gasteiger partial charge in [-0.2, -0.15) is 11.3 Å². The molecule has 1 aromatic rings. The molecular weight excluding hydrogens is 166 g/mol. The molecule has 0 bridgehead atoms.